The summed E-state index contributed by atoms with van der Waals surface area (Å²) >= 11 is 0. The zero-order chi connectivity index (χ0) is 19.4. The number of ether oxygens (including phenoxy) is 2. The summed E-state index contributed by atoms with van der Waals surface area (Å²) in [7, 11) is -0.207. The van der Waals surface area contributed by atoms with Gasteiger partial charge in [0.25, 0.3) is 0 Å². The molecule has 2 saturated heterocycles. The van der Waals surface area contributed by atoms with Crippen LogP contribution in [0.25, 0.3) is 0 Å². The molecule has 8 heteroatoms. The second-order valence-electron chi connectivity index (χ2n) is 7.19. The molecule has 2 aliphatic heterocycles. The molecule has 0 unspecified atom stereocenters. The van der Waals surface area contributed by atoms with E-state index in [0.717, 1.165) is 17.7 Å². The monoisotopic (exact) mass is 396 g/mol. The largest absolute Gasteiger partial charge is 0.497 e. The average Bonchev–Trinajstić information content (AvgIpc) is 2.79. The third-order valence-corrected chi connectivity index (χ3v) is 8.00. The van der Waals surface area contributed by atoms with Gasteiger partial charge in [0, 0.05) is 33.3 Å². The number of methoxy groups -OCH3 is 2. The van der Waals surface area contributed by atoms with Crippen LogP contribution < -0.4 is 4.74 Å². The molecule has 0 bridgehead atoms. The molecule has 0 radical (unpaired) electrons. The lowest BCUT2D eigenvalue weighted by atomic mass is 10.0. The van der Waals surface area contributed by atoms with Crippen LogP contribution in [-0.4, -0.2) is 75.8 Å². The van der Waals surface area contributed by atoms with Gasteiger partial charge in [0.2, 0.25) is 15.9 Å². The van der Waals surface area contributed by atoms with E-state index in [-0.39, 0.29) is 23.7 Å². The summed E-state index contributed by atoms with van der Waals surface area (Å²) in [5, 5.41) is -0.386. The molecule has 2 aliphatic rings. The number of carbonyl (C=O) groups excluding carboxylic acids is 1. The molecule has 3 rings (SSSR count). The van der Waals surface area contributed by atoms with Gasteiger partial charge >= 0.3 is 0 Å². The molecule has 1 aromatic rings. The number of amides is 1. The molecule has 1 aromatic carbocycles. The Kier molecular flexibility index (Phi) is 6.39. The third kappa shape index (κ3) is 4.44. The van der Waals surface area contributed by atoms with Crippen LogP contribution in [0, 0.1) is 5.92 Å². The number of hydrogen-bond donors (Lipinski definition) is 0. The van der Waals surface area contributed by atoms with E-state index >= 15 is 0 Å². The van der Waals surface area contributed by atoms with E-state index in [1.165, 1.54) is 7.11 Å². The standard InChI is InChI=1S/C19H28N2O5S/c1-25-14-19(22)20-9-7-16-13-21(27(23,24)18(16)8-10-20)11-6-15-4-3-5-17(12-15)26-2/h3-5,12,16,18H,6-11,13-14H2,1-2H3/t16-,18-/m1/s1. The van der Waals surface area contributed by atoms with Crippen molar-refractivity contribution in [1.29, 1.82) is 0 Å². The molecule has 27 heavy (non-hydrogen) atoms. The lowest BCUT2D eigenvalue weighted by molar-refractivity contribution is -0.135. The van der Waals surface area contributed by atoms with Gasteiger partial charge in [-0.3, -0.25) is 4.79 Å². The fourth-order valence-corrected chi connectivity index (χ4v) is 6.30. The van der Waals surface area contributed by atoms with Crippen LogP contribution in [0.3, 0.4) is 0 Å². The van der Waals surface area contributed by atoms with Crippen molar-refractivity contribution in [2.45, 2.75) is 24.5 Å². The average molecular weight is 397 g/mol. The Hall–Kier alpha value is -1.64. The zero-order valence-electron chi connectivity index (χ0n) is 16.0. The quantitative estimate of drug-likeness (QED) is 0.721. The van der Waals surface area contributed by atoms with Crippen molar-refractivity contribution in [3.63, 3.8) is 0 Å². The molecule has 1 amide bonds. The summed E-state index contributed by atoms with van der Waals surface area (Å²) in [6, 6.07) is 7.73. The van der Waals surface area contributed by atoms with Gasteiger partial charge in [-0.2, -0.15) is 0 Å². The predicted molar refractivity (Wildman–Crippen MR) is 102 cm³/mol. The maximum Gasteiger partial charge on any atom is 0.248 e. The highest BCUT2D eigenvalue weighted by molar-refractivity contribution is 7.90. The van der Waals surface area contributed by atoms with Gasteiger partial charge in [-0.05, 0) is 42.9 Å². The topological polar surface area (TPSA) is 76.2 Å². The van der Waals surface area contributed by atoms with Gasteiger partial charge < -0.3 is 14.4 Å². The molecule has 0 aromatic heterocycles. The molecule has 0 spiro atoms. The minimum Gasteiger partial charge on any atom is -0.497 e. The van der Waals surface area contributed by atoms with Crippen molar-refractivity contribution in [2.75, 3.05) is 47.0 Å². The van der Waals surface area contributed by atoms with E-state index in [1.54, 1.807) is 16.3 Å². The molecule has 2 heterocycles. The van der Waals surface area contributed by atoms with Crippen LogP contribution in [0.15, 0.2) is 24.3 Å². The summed E-state index contributed by atoms with van der Waals surface area (Å²) < 4.78 is 37.8. The molecule has 150 valence electrons. The molecule has 0 saturated carbocycles. The summed E-state index contributed by atoms with van der Waals surface area (Å²) in [6.07, 6.45) is 1.88. The van der Waals surface area contributed by atoms with Crippen LogP contribution in [-0.2, 0) is 26.0 Å². The Morgan fingerprint density at radius 3 is 2.74 bits per heavy atom. The van der Waals surface area contributed by atoms with E-state index in [4.69, 9.17) is 9.47 Å². The van der Waals surface area contributed by atoms with Crippen molar-refractivity contribution in [3.8, 4) is 5.75 Å². The molecule has 2 atom stereocenters. The second kappa shape index (κ2) is 8.58. The van der Waals surface area contributed by atoms with Gasteiger partial charge in [0.15, 0.2) is 0 Å². The molecular formula is C19H28N2O5S. The lowest BCUT2D eigenvalue weighted by Crippen LogP contribution is -2.36. The minimum absolute atomic E-state index is 0.0503. The zero-order valence-corrected chi connectivity index (χ0v) is 16.8. The van der Waals surface area contributed by atoms with Gasteiger partial charge in [-0.1, -0.05) is 12.1 Å². The maximum atomic E-state index is 13.0. The van der Waals surface area contributed by atoms with Crippen molar-refractivity contribution in [3.05, 3.63) is 29.8 Å². The highest BCUT2D eigenvalue weighted by Gasteiger charge is 2.46. The number of hydrogen-bond acceptors (Lipinski definition) is 5. The Morgan fingerprint density at radius 1 is 1.22 bits per heavy atom. The van der Waals surface area contributed by atoms with Crippen LogP contribution in [0.5, 0.6) is 5.75 Å². The summed E-state index contributed by atoms with van der Waals surface area (Å²) in [6.45, 7) is 2.15. The van der Waals surface area contributed by atoms with E-state index in [0.29, 0.717) is 39.0 Å². The Balaban J connectivity index is 1.62. The fraction of sp³-hybridized carbons (Fsp3) is 0.632. The number of rotatable bonds is 6. The molecule has 0 N–H and O–H groups in total. The smallest absolute Gasteiger partial charge is 0.248 e. The highest BCUT2D eigenvalue weighted by atomic mass is 32.2. The first kappa shape index (κ1) is 20.1. The highest BCUT2D eigenvalue weighted by Crippen LogP contribution is 2.34. The summed E-state index contributed by atoms with van der Waals surface area (Å²) in [5.74, 6) is 0.799. The first-order valence-corrected chi connectivity index (χ1v) is 10.8. The Labute approximate surface area is 161 Å². The Morgan fingerprint density at radius 2 is 2.00 bits per heavy atom. The van der Waals surface area contributed by atoms with Crippen molar-refractivity contribution in [1.82, 2.24) is 9.21 Å². The number of fused-ring (bicyclic) bond motifs is 1. The molecule has 0 aliphatic carbocycles. The van der Waals surface area contributed by atoms with E-state index in [9.17, 15) is 13.2 Å². The molecule has 7 nitrogen and oxygen atoms in total. The second-order valence-corrected chi connectivity index (χ2v) is 9.35. The van der Waals surface area contributed by atoms with Gasteiger partial charge in [-0.25, -0.2) is 12.7 Å². The maximum absolute atomic E-state index is 13.0. The van der Waals surface area contributed by atoms with Gasteiger partial charge in [0.05, 0.1) is 12.4 Å². The summed E-state index contributed by atoms with van der Waals surface area (Å²) in [5.41, 5.74) is 1.06. The van der Waals surface area contributed by atoms with Crippen molar-refractivity contribution < 1.29 is 22.7 Å². The number of carbonyl (C=O) groups is 1. The lowest BCUT2D eigenvalue weighted by Gasteiger charge is -2.22. The first-order valence-electron chi connectivity index (χ1n) is 9.34. The van der Waals surface area contributed by atoms with E-state index in [2.05, 4.69) is 0 Å². The third-order valence-electron chi connectivity index (χ3n) is 5.56. The number of likely N-dealkylation sites (tertiary alicyclic amines) is 1. The van der Waals surface area contributed by atoms with Crippen LogP contribution in [0.1, 0.15) is 18.4 Å². The fourth-order valence-electron chi connectivity index (χ4n) is 4.06. The minimum atomic E-state index is -3.33. The molecule has 2 fully saturated rings. The predicted octanol–water partition coefficient (Wildman–Crippen LogP) is 1.14. The van der Waals surface area contributed by atoms with E-state index in [1.807, 2.05) is 24.3 Å². The summed E-state index contributed by atoms with van der Waals surface area (Å²) in [4.78, 5) is 13.8. The van der Waals surface area contributed by atoms with Crippen LogP contribution in [0.4, 0.5) is 0 Å². The van der Waals surface area contributed by atoms with Crippen LogP contribution >= 0.6 is 0 Å². The number of nitrogens with zero attached hydrogens (tertiary/aromatic N) is 2. The van der Waals surface area contributed by atoms with Gasteiger partial charge in [0.1, 0.15) is 12.4 Å². The van der Waals surface area contributed by atoms with Crippen molar-refractivity contribution in [2.24, 2.45) is 5.92 Å². The number of benzene rings is 1. The normalized spacial score (nSPS) is 25.0. The first-order chi connectivity index (χ1) is 13.0. The number of sulfonamides is 1. The molecular weight excluding hydrogens is 368 g/mol. The SMILES string of the molecule is COCC(=O)N1CC[C@@H]2CN(CCc3cccc(OC)c3)S(=O)(=O)[C@@H]2CC1. The Bertz CT molecular complexity index is 767. The van der Waals surface area contributed by atoms with Gasteiger partial charge in [-0.15, -0.1) is 0 Å². The van der Waals surface area contributed by atoms with Crippen LogP contribution in [0.2, 0.25) is 0 Å². The van der Waals surface area contributed by atoms with E-state index < -0.39 is 10.0 Å². The van der Waals surface area contributed by atoms with Crippen molar-refractivity contribution >= 4 is 15.9 Å².